The minimum absolute atomic E-state index is 0.00773. The molecular weight excluding hydrogens is 1150 g/mol. The standard InChI is InChI=1S/C58H84ClN5O20S/c1-36-13-10-16-46(77-9)58(74)32-44(82-56(73)61-58)37(2)53-57(4,84-53)47(31-50(69)63(6)42-28-39(27-36)29-43(76-8)52(42)59)83-55(72)38(3)62(5)49(68)17-26-85-45-30-51(70)64(54(45)71)19-11-14-41(66)34-80-24-23-79-21-18-60-48(67)35-81-25-22-78-20-12-15-40(65)33-75-7/h10,13,16,28-29,37-38,44-47,53,74H,11-12,14-15,17-27,30-35H2,1-9H3,(H,60,67)(H,61,73)/b16-10+,36-13+/t37?,38-,44-,45?,46+,47-,53-,57-,58-/m0/s1. The van der Waals surface area contributed by atoms with Gasteiger partial charge < -0.3 is 67.6 Å². The Balaban J connectivity index is 1.06. The third-order valence-electron chi connectivity index (χ3n) is 15.1. The highest BCUT2D eigenvalue weighted by Gasteiger charge is 2.64. The van der Waals surface area contributed by atoms with Gasteiger partial charge in [0, 0.05) is 91.8 Å². The van der Waals surface area contributed by atoms with Gasteiger partial charge in [-0.1, -0.05) is 42.3 Å². The number of ketones is 2. The highest BCUT2D eigenvalue weighted by Crippen LogP contribution is 2.49. The second-order valence-electron chi connectivity index (χ2n) is 21.5. The van der Waals surface area contributed by atoms with E-state index < -0.39 is 95.1 Å². The van der Waals surface area contributed by atoms with Crippen LogP contribution in [0.3, 0.4) is 0 Å². The number of fused-ring (bicyclic) bond motifs is 5. The lowest BCUT2D eigenvalue weighted by Gasteiger charge is -2.42. The summed E-state index contributed by atoms with van der Waals surface area (Å²) in [5.41, 5.74) is -1.25. The number of halogens is 1. The minimum atomic E-state index is -1.90. The number of aliphatic hydroxyl groups is 1. The van der Waals surface area contributed by atoms with Gasteiger partial charge in [-0.05, 0) is 57.7 Å². The number of benzene rings is 1. The van der Waals surface area contributed by atoms with E-state index in [1.807, 2.05) is 13.0 Å². The molecule has 2 unspecified atom stereocenters. The summed E-state index contributed by atoms with van der Waals surface area (Å²) in [6, 6.07) is 2.35. The van der Waals surface area contributed by atoms with Gasteiger partial charge in [-0.15, -0.1) is 11.8 Å². The normalized spacial score (nSPS) is 25.7. The maximum Gasteiger partial charge on any atom is 0.409 e. The molecule has 9 atom stereocenters. The fraction of sp³-hybridized carbons (Fsp3) is 0.672. The Morgan fingerprint density at radius 1 is 0.918 bits per heavy atom. The Bertz CT molecular complexity index is 2570. The fourth-order valence-corrected chi connectivity index (χ4v) is 11.3. The third-order valence-corrected chi connectivity index (χ3v) is 16.6. The number of nitrogens with zero attached hydrogens (tertiary/aromatic N) is 3. The number of likely N-dealkylation sites (tertiary alicyclic amines) is 1. The van der Waals surface area contributed by atoms with Gasteiger partial charge in [0.25, 0.3) is 0 Å². The number of ether oxygens (including phenoxy) is 10. The molecule has 0 spiro atoms. The molecule has 27 heteroatoms. The zero-order valence-corrected chi connectivity index (χ0v) is 51.7. The number of alkyl carbamates (subject to hydrolysis) is 1. The van der Waals surface area contributed by atoms with Gasteiger partial charge in [-0.25, -0.2) is 9.59 Å². The number of rotatable bonds is 32. The SMILES string of the molecule is COCC(=O)CCCOCCOCC(=O)NCCOCCOCC(=O)CCCN1C(=O)CC(SCCC(=O)N(C)[C@@H](C)C(=O)O[C@H]2CC(=O)N(C)c3cc(cc(OC)c3Cl)C/C(C)=C/C=C/[C@@H](OC)[C@@]3(O)C[C@H](OC(=O)N3)C(C)[C@@H]3O[C@@]23C)C1=O. The zero-order chi connectivity index (χ0) is 62.4. The number of nitrogens with one attached hydrogen (secondary N) is 2. The molecule has 0 saturated carbocycles. The number of methoxy groups -OCH3 is 3. The lowest BCUT2D eigenvalue weighted by molar-refractivity contribution is -0.162. The first-order chi connectivity index (χ1) is 40.5. The van der Waals surface area contributed by atoms with Crippen molar-refractivity contribution in [1.29, 1.82) is 0 Å². The second kappa shape index (κ2) is 34.1. The smallest absolute Gasteiger partial charge is 0.409 e. The predicted molar refractivity (Wildman–Crippen MR) is 310 cm³/mol. The summed E-state index contributed by atoms with van der Waals surface area (Å²) in [6.45, 7) is 8.29. The van der Waals surface area contributed by atoms with Crippen molar-refractivity contribution in [2.75, 3.05) is 119 Å². The summed E-state index contributed by atoms with van der Waals surface area (Å²) in [5, 5.41) is 16.5. The molecule has 1 aromatic carbocycles. The van der Waals surface area contributed by atoms with Crippen molar-refractivity contribution in [3.63, 3.8) is 0 Å². The summed E-state index contributed by atoms with van der Waals surface area (Å²) in [5.74, 6) is -3.32. The number of anilines is 1. The van der Waals surface area contributed by atoms with Crippen LogP contribution in [-0.4, -0.2) is 229 Å². The molecule has 4 bridgehead atoms. The number of Topliss-reactive ketones (excluding diaryl/α,β-unsaturated/α-hetero) is 2. The predicted octanol–water partition coefficient (Wildman–Crippen LogP) is 3.29. The molecule has 0 aromatic heterocycles. The second-order valence-corrected chi connectivity index (χ2v) is 23.2. The van der Waals surface area contributed by atoms with E-state index in [0.29, 0.717) is 43.9 Å². The molecule has 3 saturated heterocycles. The Labute approximate surface area is 505 Å². The first kappa shape index (κ1) is 70.2. The monoisotopic (exact) mass is 1240 g/mol. The zero-order valence-electron chi connectivity index (χ0n) is 50.1. The molecule has 0 aliphatic carbocycles. The summed E-state index contributed by atoms with van der Waals surface area (Å²) < 4.78 is 55.7. The Kier molecular flexibility index (Phi) is 28.2. The van der Waals surface area contributed by atoms with Crippen LogP contribution in [0.15, 0.2) is 35.9 Å². The number of imide groups is 1. The first-order valence-corrected chi connectivity index (χ1v) is 29.8. The Morgan fingerprint density at radius 2 is 1.60 bits per heavy atom. The van der Waals surface area contributed by atoms with E-state index in [9.17, 15) is 48.3 Å². The van der Waals surface area contributed by atoms with Crippen LogP contribution in [0.1, 0.15) is 84.6 Å². The number of carbonyl (C=O) groups is 9. The third kappa shape index (κ3) is 20.8. The van der Waals surface area contributed by atoms with E-state index in [0.717, 1.165) is 27.8 Å². The van der Waals surface area contributed by atoms with Gasteiger partial charge in [-0.2, -0.15) is 0 Å². The Morgan fingerprint density at radius 3 is 2.31 bits per heavy atom. The van der Waals surface area contributed by atoms with E-state index in [4.69, 9.17) is 59.0 Å². The summed E-state index contributed by atoms with van der Waals surface area (Å²) in [4.78, 5) is 121. The first-order valence-electron chi connectivity index (χ1n) is 28.4. The van der Waals surface area contributed by atoms with E-state index in [1.165, 1.54) is 52.1 Å². The number of hydrogen-bond acceptors (Lipinski definition) is 21. The summed E-state index contributed by atoms with van der Waals surface area (Å²) >= 11 is 7.96. The van der Waals surface area contributed by atoms with Crippen LogP contribution < -0.4 is 20.3 Å². The molecule has 4 aliphatic rings. The number of carbonyl (C=O) groups excluding carboxylic acids is 9. The van der Waals surface area contributed by atoms with Crippen LogP contribution in [0, 0.1) is 5.92 Å². The van der Waals surface area contributed by atoms with E-state index >= 15 is 0 Å². The summed E-state index contributed by atoms with van der Waals surface area (Å²) in [6.07, 6.45) is 1.31. The molecule has 25 nitrogen and oxygen atoms in total. The number of allylic oxidation sites excluding steroid dienone is 3. The average Bonchev–Trinajstić information content (AvgIpc) is 1.86. The quantitative estimate of drug-likeness (QED) is 0.0403. The van der Waals surface area contributed by atoms with Crippen molar-refractivity contribution in [2.45, 2.75) is 133 Å². The highest BCUT2D eigenvalue weighted by atomic mass is 35.5. The highest BCUT2D eigenvalue weighted by molar-refractivity contribution is 8.00. The molecular formula is C58H84ClN5O20S. The number of amides is 6. The van der Waals surface area contributed by atoms with E-state index in [-0.39, 0.29) is 120 Å². The van der Waals surface area contributed by atoms with E-state index in [2.05, 4.69) is 10.6 Å². The molecule has 0 radical (unpaired) electrons. The van der Waals surface area contributed by atoms with Crippen molar-refractivity contribution in [3.8, 4) is 5.75 Å². The van der Waals surface area contributed by atoms with Gasteiger partial charge in [0.1, 0.15) is 60.5 Å². The molecule has 85 heavy (non-hydrogen) atoms. The van der Waals surface area contributed by atoms with Gasteiger partial charge in [0.15, 0.2) is 17.3 Å². The van der Waals surface area contributed by atoms with Gasteiger partial charge in [0.2, 0.25) is 29.5 Å². The largest absolute Gasteiger partial charge is 0.495 e. The fourth-order valence-electron chi connectivity index (χ4n) is 9.92. The number of hydrogen-bond donors (Lipinski definition) is 3. The number of thioether (sulfide) groups is 1. The minimum Gasteiger partial charge on any atom is -0.495 e. The van der Waals surface area contributed by atoms with Crippen LogP contribution in [0.4, 0.5) is 10.5 Å². The lowest BCUT2D eigenvalue weighted by atomic mass is 9.83. The molecule has 474 valence electrons. The lowest BCUT2D eigenvalue weighted by Crippen LogP contribution is -2.63. The molecule has 5 rings (SSSR count). The molecule has 3 fully saturated rings. The van der Waals surface area contributed by atoms with Crippen LogP contribution in [-0.2, 0) is 87.4 Å². The van der Waals surface area contributed by atoms with Crippen LogP contribution in [0.25, 0.3) is 0 Å². The van der Waals surface area contributed by atoms with Crippen molar-refractivity contribution in [2.24, 2.45) is 5.92 Å². The molecule has 4 aliphatic heterocycles. The molecule has 4 heterocycles. The van der Waals surface area contributed by atoms with Crippen LogP contribution in [0.5, 0.6) is 5.75 Å². The average molecular weight is 1240 g/mol. The van der Waals surface area contributed by atoms with Crippen LogP contribution in [0.2, 0.25) is 5.02 Å². The van der Waals surface area contributed by atoms with Gasteiger partial charge >= 0.3 is 12.1 Å². The molecule has 1 aromatic rings. The van der Waals surface area contributed by atoms with E-state index in [1.54, 1.807) is 38.1 Å². The van der Waals surface area contributed by atoms with Crippen molar-refractivity contribution in [3.05, 3.63) is 46.5 Å². The van der Waals surface area contributed by atoms with Gasteiger partial charge in [0.05, 0.1) is 63.6 Å². The van der Waals surface area contributed by atoms with Crippen molar-refractivity contribution >= 4 is 82.2 Å². The topological polar surface area (TPSA) is 303 Å². The Hall–Kier alpha value is -5.55. The summed E-state index contributed by atoms with van der Waals surface area (Å²) in [7, 11) is 7.29. The molecule has 6 amide bonds. The number of esters is 1. The van der Waals surface area contributed by atoms with Crippen LogP contribution >= 0.6 is 23.4 Å². The maximum absolute atomic E-state index is 14.4. The number of epoxide rings is 1. The van der Waals surface area contributed by atoms with Crippen molar-refractivity contribution < 1.29 is 95.6 Å². The number of likely N-dealkylation sites (N-methyl/N-ethyl adjacent to an activating group) is 1. The van der Waals surface area contributed by atoms with Crippen molar-refractivity contribution in [1.82, 2.24) is 20.4 Å². The maximum atomic E-state index is 14.4. The van der Waals surface area contributed by atoms with Gasteiger partial charge in [-0.3, -0.25) is 43.8 Å². The molecule has 3 N–H and O–H groups in total.